The Morgan fingerprint density at radius 1 is 0.774 bits per heavy atom. The summed E-state index contributed by atoms with van der Waals surface area (Å²) in [7, 11) is 0. The van der Waals surface area contributed by atoms with Crippen molar-refractivity contribution < 1.29 is 19.1 Å². The van der Waals surface area contributed by atoms with Gasteiger partial charge in [0.25, 0.3) is 0 Å². The molecule has 1 aliphatic carbocycles. The standard InChI is InChI=1S/C27H42O4/c1-2-3-4-5-6-7-8-9-13-20-30-26(28)24-17-14-18-25(22-24)27(29)31-21-19-23-15-11-10-12-16-23/h14,17-18,22-23H,2-13,15-16,19-21H2,1H3. The summed E-state index contributed by atoms with van der Waals surface area (Å²) in [5.74, 6) is -0.0373. The van der Waals surface area contributed by atoms with Crippen molar-refractivity contribution in [1.82, 2.24) is 0 Å². The predicted molar refractivity (Wildman–Crippen MR) is 125 cm³/mol. The van der Waals surface area contributed by atoms with Crippen molar-refractivity contribution in [2.45, 2.75) is 103 Å². The van der Waals surface area contributed by atoms with Crippen LogP contribution in [0.25, 0.3) is 0 Å². The lowest BCUT2D eigenvalue weighted by Gasteiger charge is -2.21. The van der Waals surface area contributed by atoms with Gasteiger partial charge in [-0.25, -0.2) is 9.59 Å². The molecule has 0 saturated heterocycles. The Labute approximate surface area is 189 Å². The summed E-state index contributed by atoms with van der Waals surface area (Å²) in [6.45, 7) is 3.13. The fourth-order valence-corrected chi connectivity index (χ4v) is 4.31. The quantitative estimate of drug-likeness (QED) is 0.213. The SMILES string of the molecule is CCCCCCCCCCCOC(=O)c1cccc(C(=O)OCCC2CCCCC2)c1. The molecule has 0 heterocycles. The Balaban J connectivity index is 1.60. The minimum Gasteiger partial charge on any atom is -0.462 e. The van der Waals surface area contributed by atoms with Gasteiger partial charge in [-0.2, -0.15) is 0 Å². The number of ether oxygens (including phenoxy) is 2. The Bertz CT molecular complexity index is 634. The van der Waals surface area contributed by atoms with Crippen molar-refractivity contribution in [1.29, 1.82) is 0 Å². The molecule has 1 aromatic carbocycles. The Morgan fingerprint density at radius 3 is 1.94 bits per heavy atom. The second-order valence-corrected chi connectivity index (χ2v) is 8.97. The van der Waals surface area contributed by atoms with Gasteiger partial charge in [0.1, 0.15) is 0 Å². The van der Waals surface area contributed by atoms with Gasteiger partial charge in [-0.05, 0) is 37.0 Å². The van der Waals surface area contributed by atoms with Crippen LogP contribution in [0.15, 0.2) is 24.3 Å². The van der Waals surface area contributed by atoms with Crippen molar-refractivity contribution in [2.24, 2.45) is 5.92 Å². The summed E-state index contributed by atoms with van der Waals surface area (Å²) in [6.07, 6.45) is 18.4. The third-order valence-corrected chi connectivity index (χ3v) is 6.30. The molecule has 2 rings (SSSR count). The molecule has 4 nitrogen and oxygen atoms in total. The average molecular weight is 431 g/mol. The maximum Gasteiger partial charge on any atom is 0.338 e. The highest BCUT2D eigenvalue weighted by molar-refractivity contribution is 5.95. The van der Waals surface area contributed by atoms with Crippen LogP contribution in [-0.4, -0.2) is 25.2 Å². The van der Waals surface area contributed by atoms with Crippen molar-refractivity contribution in [3.8, 4) is 0 Å². The van der Waals surface area contributed by atoms with Gasteiger partial charge in [0, 0.05) is 0 Å². The van der Waals surface area contributed by atoms with E-state index in [1.54, 1.807) is 24.3 Å². The van der Waals surface area contributed by atoms with Crippen molar-refractivity contribution >= 4 is 11.9 Å². The van der Waals surface area contributed by atoms with Crippen LogP contribution in [0.1, 0.15) is 124 Å². The molecule has 0 unspecified atom stereocenters. The van der Waals surface area contributed by atoms with Gasteiger partial charge in [-0.15, -0.1) is 0 Å². The minimum atomic E-state index is -0.364. The van der Waals surface area contributed by atoms with Crippen molar-refractivity contribution in [3.05, 3.63) is 35.4 Å². The summed E-state index contributed by atoms with van der Waals surface area (Å²) in [4.78, 5) is 24.6. The van der Waals surface area contributed by atoms with Crippen LogP contribution in [0, 0.1) is 5.92 Å². The minimum absolute atomic E-state index is 0.357. The van der Waals surface area contributed by atoms with E-state index in [0.29, 0.717) is 30.3 Å². The number of unbranched alkanes of at least 4 members (excludes halogenated alkanes) is 8. The maximum absolute atomic E-state index is 12.3. The van der Waals surface area contributed by atoms with Crippen LogP contribution in [0.3, 0.4) is 0 Å². The van der Waals surface area contributed by atoms with E-state index in [4.69, 9.17) is 9.47 Å². The third kappa shape index (κ3) is 10.8. The lowest BCUT2D eigenvalue weighted by molar-refractivity contribution is 0.0474. The fourth-order valence-electron chi connectivity index (χ4n) is 4.31. The summed E-state index contributed by atoms with van der Waals surface area (Å²) in [5.41, 5.74) is 0.832. The van der Waals surface area contributed by atoms with E-state index in [-0.39, 0.29) is 11.9 Å². The van der Waals surface area contributed by atoms with E-state index < -0.39 is 0 Å². The fraction of sp³-hybridized carbons (Fsp3) is 0.704. The molecule has 0 amide bonds. The number of carbonyl (C=O) groups excluding carboxylic acids is 2. The third-order valence-electron chi connectivity index (χ3n) is 6.30. The average Bonchev–Trinajstić information content (AvgIpc) is 2.81. The zero-order chi connectivity index (χ0) is 22.2. The van der Waals surface area contributed by atoms with E-state index >= 15 is 0 Å². The van der Waals surface area contributed by atoms with Crippen LogP contribution in [0.2, 0.25) is 0 Å². The maximum atomic E-state index is 12.3. The van der Waals surface area contributed by atoms with Crippen molar-refractivity contribution in [2.75, 3.05) is 13.2 Å². The lowest BCUT2D eigenvalue weighted by atomic mass is 9.87. The molecular formula is C27H42O4. The second kappa shape index (κ2) is 15.9. The molecule has 0 aromatic heterocycles. The number of carbonyl (C=O) groups is 2. The van der Waals surface area contributed by atoms with Crippen LogP contribution in [-0.2, 0) is 9.47 Å². The molecule has 0 atom stereocenters. The number of rotatable bonds is 15. The molecule has 0 radical (unpaired) electrons. The van der Waals surface area contributed by atoms with Crippen LogP contribution >= 0.6 is 0 Å². The lowest BCUT2D eigenvalue weighted by Crippen LogP contribution is -2.13. The molecule has 1 fully saturated rings. The van der Waals surface area contributed by atoms with Crippen molar-refractivity contribution in [3.63, 3.8) is 0 Å². The summed E-state index contributed by atoms with van der Waals surface area (Å²) in [6, 6.07) is 6.69. The van der Waals surface area contributed by atoms with Crippen LogP contribution < -0.4 is 0 Å². The van der Waals surface area contributed by atoms with Crippen LogP contribution in [0.4, 0.5) is 0 Å². The molecule has 0 bridgehead atoms. The van der Waals surface area contributed by atoms with Gasteiger partial charge in [-0.3, -0.25) is 0 Å². The van der Waals surface area contributed by atoms with Gasteiger partial charge in [0.15, 0.2) is 0 Å². The second-order valence-electron chi connectivity index (χ2n) is 8.97. The van der Waals surface area contributed by atoms with E-state index in [2.05, 4.69) is 6.92 Å². The first-order valence-electron chi connectivity index (χ1n) is 12.6. The summed E-state index contributed by atoms with van der Waals surface area (Å²) in [5, 5.41) is 0. The Hall–Kier alpha value is -1.84. The highest BCUT2D eigenvalue weighted by Crippen LogP contribution is 2.26. The smallest absolute Gasteiger partial charge is 0.338 e. The highest BCUT2D eigenvalue weighted by Gasteiger charge is 2.16. The Kier molecular flexibility index (Phi) is 13.0. The largest absolute Gasteiger partial charge is 0.462 e. The first kappa shape index (κ1) is 25.4. The number of esters is 2. The monoisotopic (exact) mass is 430 g/mol. The highest BCUT2D eigenvalue weighted by atomic mass is 16.5. The first-order chi connectivity index (χ1) is 15.2. The molecule has 1 aromatic rings. The molecule has 31 heavy (non-hydrogen) atoms. The number of hydrogen-bond acceptors (Lipinski definition) is 4. The summed E-state index contributed by atoms with van der Waals surface area (Å²) >= 11 is 0. The normalized spacial score (nSPS) is 14.4. The van der Waals surface area contributed by atoms with E-state index in [0.717, 1.165) is 19.3 Å². The van der Waals surface area contributed by atoms with Gasteiger partial charge >= 0.3 is 11.9 Å². The molecule has 1 saturated carbocycles. The molecule has 0 aliphatic heterocycles. The zero-order valence-corrected chi connectivity index (χ0v) is 19.5. The summed E-state index contributed by atoms with van der Waals surface area (Å²) < 4.78 is 10.8. The predicted octanol–water partition coefficient (Wildman–Crippen LogP) is 7.50. The van der Waals surface area contributed by atoms with Gasteiger partial charge in [0.05, 0.1) is 24.3 Å². The molecule has 0 N–H and O–H groups in total. The Morgan fingerprint density at radius 2 is 1.32 bits per heavy atom. The van der Waals surface area contributed by atoms with Gasteiger partial charge in [-0.1, -0.05) is 96.5 Å². The van der Waals surface area contributed by atoms with E-state index in [9.17, 15) is 9.59 Å². The van der Waals surface area contributed by atoms with Gasteiger partial charge < -0.3 is 9.47 Å². The number of benzene rings is 1. The zero-order valence-electron chi connectivity index (χ0n) is 19.5. The molecule has 174 valence electrons. The molecule has 4 heteroatoms. The number of hydrogen-bond donors (Lipinski definition) is 0. The first-order valence-corrected chi connectivity index (χ1v) is 12.6. The molecule has 1 aliphatic rings. The topological polar surface area (TPSA) is 52.6 Å². The van der Waals surface area contributed by atoms with E-state index in [1.807, 2.05) is 0 Å². The van der Waals surface area contributed by atoms with E-state index in [1.165, 1.54) is 77.0 Å². The molecular weight excluding hydrogens is 388 g/mol. The van der Waals surface area contributed by atoms with Crippen LogP contribution in [0.5, 0.6) is 0 Å². The molecule has 0 spiro atoms. The van der Waals surface area contributed by atoms with Gasteiger partial charge in [0.2, 0.25) is 0 Å².